The Balaban J connectivity index is 1.52. The summed E-state index contributed by atoms with van der Waals surface area (Å²) in [6.07, 6.45) is 2.01. The van der Waals surface area contributed by atoms with E-state index >= 15 is 0 Å². The minimum Gasteiger partial charge on any atom is -0.493 e. The highest BCUT2D eigenvalue weighted by molar-refractivity contribution is 7.91. The van der Waals surface area contributed by atoms with E-state index in [-0.39, 0.29) is 29.1 Å². The molecule has 0 saturated heterocycles. The van der Waals surface area contributed by atoms with E-state index in [9.17, 15) is 8.42 Å². The SMILES string of the molecule is CCCOc1ccc(-c2ccc(S(=O)(=O)c3ccc(-c4ccc(OC(C)C)c(COCCCO)c4)cc3)cc2)cc1COCCCO. The fraction of sp³-hybridized carbons (Fsp3) is 0.368. The lowest BCUT2D eigenvalue weighted by molar-refractivity contribution is 0.101. The number of hydrogen-bond acceptors (Lipinski definition) is 8. The molecule has 0 bridgehead atoms. The van der Waals surface area contributed by atoms with Crippen LogP contribution in [0.15, 0.2) is 94.7 Å². The maximum Gasteiger partial charge on any atom is 0.206 e. The van der Waals surface area contributed by atoms with Crippen molar-refractivity contribution in [3.63, 3.8) is 0 Å². The molecule has 4 aromatic carbocycles. The number of benzene rings is 4. The third-order valence-corrected chi connectivity index (χ3v) is 9.14. The number of aliphatic hydroxyl groups excluding tert-OH is 2. The Morgan fingerprint density at radius 3 is 1.51 bits per heavy atom. The summed E-state index contributed by atoms with van der Waals surface area (Å²) < 4.78 is 50.5. The summed E-state index contributed by atoms with van der Waals surface area (Å²) in [4.78, 5) is 0.419. The Bertz CT molecular complexity index is 1650. The summed E-state index contributed by atoms with van der Waals surface area (Å²) in [5.41, 5.74) is 5.36. The molecule has 0 spiro atoms. The van der Waals surface area contributed by atoms with Crippen molar-refractivity contribution >= 4 is 9.84 Å². The highest BCUT2D eigenvalue weighted by Crippen LogP contribution is 2.32. The molecular weight excluding hydrogens is 616 g/mol. The van der Waals surface area contributed by atoms with Gasteiger partial charge in [-0.05, 0) is 104 Å². The van der Waals surface area contributed by atoms with Crippen LogP contribution in [0.4, 0.5) is 0 Å². The maximum absolute atomic E-state index is 13.6. The molecule has 0 amide bonds. The minimum absolute atomic E-state index is 0.00110. The van der Waals surface area contributed by atoms with Crippen LogP contribution in [0.5, 0.6) is 11.5 Å². The lowest BCUT2D eigenvalue weighted by Gasteiger charge is -2.16. The van der Waals surface area contributed by atoms with E-state index in [1.54, 1.807) is 24.3 Å². The van der Waals surface area contributed by atoms with E-state index < -0.39 is 9.84 Å². The van der Waals surface area contributed by atoms with Gasteiger partial charge >= 0.3 is 0 Å². The van der Waals surface area contributed by atoms with Crippen LogP contribution in [0.2, 0.25) is 0 Å². The Morgan fingerprint density at radius 1 is 0.617 bits per heavy atom. The van der Waals surface area contributed by atoms with Crippen LogP contribution in [0, 0.1) is 0 Å². The zero-order valence-corrected chi connectivity index (χ0v) is 28.3. The first-order valence-corrected chi connectivity index (χ1v) is 17.6. The Morgan fingerprint density at radius 2 is 1.06 bits per heavy atom. The van der Waals surface area contributed by atoms with Crippen LogP contribution < -0.4 is 9.47 Å². The molecule has 0 aliphatic heterocycles. The van der Waals surface area contributed by atoms with Crippen LogP contribution in [0.3, 0.4) is 0 Å². The predicted octanol–water partition coefficient (Wildman–Crippen LogP) is 7.23. The van der Waals surface area contributed by atoms with Crippen LogP contribution in [-0.2, 0) is 32.5 Å². The molecule has 0 atom stereocenters. The molecule has 0 saturated carbocycles. The van der Waals surface area contributed by atoms with Crippen molar-refractivity contribution in [1.82, 2.24) is 0 Å². The zero-order valence-electron chi connectivity index (χ0n) is 27.5. The number of sulfone groups is 1. The third kappa shape index (κ3) is 10.1. The van der Waals surface area contributed by atoms with Crippen LogP contribution >= 0.6 is 0 Å². The highest BCUT2D eigenvalue weighted by atomic mass is 32.2. The Hall–Kier alpha value is -3.73. The molecule has 0 radical (unpaired) electrons. The molecular formula is C38H46O8S. The maximum atomic E-state index is 13.6. The van der Waals surface area contributed by atoms with Gasteiger partial charge in [0.2, 0.25) is 9.84 Å². The standard InChI is InChI=1S/C38H46O8S/c1-4-21-45-37-17-11-31(24-33(37)26-43-22-5-19-39)29-7-13-35(14-8-29)47(41,42)36-15-9-30(10-16-36)32-12-18-38(46-28(2)3)34(25-32)27-44-23-6-20-40/h7-18,24-25,28,39-40H,4-6,19-23,26-27H2,1-3H3. The Labute approximate surface area is 278 Å². The van der Waals surface area contributed by atoms with Crippen molar-refractivity contribution in [1.29, 1.82) is 0 Å². The highest BCUT2D eigenvalue weighted by Gasteiger charge is 2.19. The molecule has 0 aromatic heterocycles. The van der Waals surface area contributed by atoms with Gasteiger partial charge in [0, 0.05) is 37.6 Å². The Kier molecular flexibility index (Phi) is 13.8. The second-order valence-electron chi connectivity index (χ2n) is 11.5. The second kappa shape index (κ2) is 18.0. The van der Waals surface area contributed by atoms with Gasteiger partial charge in [0.25, 0.3) is 0 Å². The monoisotopic (exact) mass is 662 g/mol. The van der Waals surface area contributed by atoms with Crippen molar-refractivity contribution in [2.75, 3.05) is 33.0 Å². The van der Waals surface area contributed by atoms with Gasteiger partial charge < -0.3 is 29.2 Å². The van der Waals surface area contributed by atoms with E-state index in [4.69, 9.17) is 29.2 Å². The fourth-order valence-corrected chi connectivity index (χ4v) is 6.21. The summed E-state index contributed by atoms with van der Waals surface area (Å²) in [7, 11) is -3.75. The molecule has 0 fully saturated rings. The van der Waals surface area contributed by atoms with E-state index in [0.717, 1.165) is 51.3 Å². The summed E-state index contributed by atoms with van der Waals surface area (Å²) >= 11 is 0. The molecule has 8 nitrogen and oxygen atoms in total. The average molecular weight is 663 g/mol. The van der Waals surface area contributed by atoms with Gasteiger partial charge in [-0.25, -0.2) is 8.42 Å². The first-order chi connectivity index (χ1) is 22.8. The zero-order chi connectivity index (χ0) is 33.6. The van der Waals surface area contributed by atoms with Gasteiger partial charge in [0.1, 0.15) is 11.5 Å². The van der Waals surface area contributed by atoms with Gasteiger partial charge in [0.15, 0.2) is 0 Å². The fourth-order valence-electron chi connectivity index (χ4n) is 4.95. The molecule has 252 valence electrons. The molecule has 47 heavy (non-hydrogen) atoms. The largest absolute Gasteiger partial charge is 0.493 e. The van der Waals surface area contributed by atoms with Gasteiger partial charge in [0.05, 0.1) is 35.7 Å². The quantitative estimate of drug-likeness (QED) is 0.101. The topological polar surface area (TPSA) is 112 Å². The number of aliphatic hydroxyl groups is 2. The number of hydrogen-bond donors (Lipinski definition) is 2. The molecule has 4 rings (SSSR count). The van der Waals surface area contributed by atoms with Gasteiger partial charge in [-0.1, -0.05) is 43.3 Å². The smallest absolute Gasteiger partial charge is 0.206 e. The second-order valence-corrected chi connectivity index (χ2v) is 13.4. The molecule has 0 unspecified atom stereocenters. The normalized spacial score (nSPS) is 11.6. The van der Waals surface area contributed by atoms with Crippen molar-refractivity contribution < 1.29 is 37.6 Å². The van der Waals surface area contributed by atoms with Crippen LogP contribution in [0.25, 0.3) is 22.3 Å². The summed E-state index contributed by atoms with van der Waals surface area (Å²) in [5, 5.41) is 18.1. The van der Waals surface area contributed by atoms with Crippen molar-refractivity contribution in [2.24, 2.45) is 0 Å². The average Bonchev–Trinajstić information content (AvgIpc) is 3.08. The van der Waals surface area contributed by atoms with Crippen molar-refractivity contribution in [2.45, 2.75) is 69.1 Å². The molecule has 9 heteroatoms. The van der Waals surface area contributed by atoms with Gasteiger partial charge in [-0.3, -0.25) is 0 Å². The third-order valence-electron chi connectivity index (χ3n) is 7.35. The van der Waals surface area contributed by atoms with Crippen molar-refractivity contribution in [3.8, 4) is 33.8 Å². The van der Waals surface area contributed by atoms with E-state index in [1.165, 1.54) is 0 Å². The predicted molar refractivity (Wildman–Crippen MR) is 183 cm³/mol. The molecule has 0 heterocycles. The minimum atomic E-state index is -3.75. The van der Waals surface area contributed by atoms with Crippen LogP contribution in [-0.4, -0.2) is 57.8 Å². The molecule has 0 aliphatic rings. The molecule has 4 aromatic rings. The summed E-state index contributed by atoms with van der Waals surface area (Å²) in [6.45, 7) is 8.30. The lowest BCUT2D eigenvalue weighted by Crippen LogP contribution is -2.08. The van der Waals surface area contributed by atoms with Gasteiger partial charge in [-0.2, -0.15) is 0 Å². The molecule has 2 N–H and O–H groups in total. The first-order valence-electron chi connectivity index (χ1n) is 16.1. The van der Waals surface area contributed by atoms with Crippen LogP contribution in [0.1, 0.15) is 51.2 Å². The van der Waals surface area contributed by atoms with Crippen molar-refractivity contribution in [3.05, 3.63) is 96.1 Å². The number of rotatable bonds is 19. The van der Waals surface area contributed by atoms with E-state index in [1.807, 2.05) is 81.4 Å². The lowest BCUT2D eigenvalue weighted by atomic mass is 10.0. The van der Waals surface area contributed by atoms with E-state index in [0.29, 0.717) is 45.9 Å². The number of ether oxygens (including phenoxy) is 4. The van der Waals surface area contributed by atoms with E-state index in [2.05, 4.69) is 0 Å². The summed E-state index contributed by atoms with van der Waals surface area (Å²) in [5.74, 6) is 1.49. The summed E-state index contributed by atoms with van der Waals surface area (Å²) in [6, 6.07) is 25.5. The first kappa shape index (κ1) is 36.1. The van der Waals surface area contributed by atoms with Gasteiger partial charge in [-0.15, -0.1) is 0 Å². The molecule has 0 aliphatic carbocycles.